The zero-order chi connectivity index (χ0) is 10.8. The van der Waals surface area contributed by atoms with E-state index in [0.717, 1.165) is 0 Å². The Hall–Kier alpha value is -1.47. The molecule has 0 saturated heterocycles. The smallest absolute Gasteiger partial charge is 0.218 e. The van der Waals surface area contributed by atoms with E-state index in [-0.39, 0.29) is 12.2 Å². The van der Waals surface area contributed by atoms with Crippen molar-refractivity contribution in [2.45, 2.75) is 6.42 Å². The van der Waals surface area contributed by atoms with Crippen molar-refractivity contribution >= 4 is 22.4 Å². The number of hydrogen-bond donors (Lipinski definition) is 2. The van der Waals surface area contributed by atoms with Crippen LogP contribution in [0.3, 0.4) is 0 Å². The molecule has 0 saturated carbocycles. The Bertz CT molecular complexity index is 464. The Morgan fingerprint density at radius 2 is 2.27 bits per heavy atom. The molecule has 0 spiro atoms. The van der Waals surface area contributed by atoms with Gasteiger partial charge >= 0.3 is 0 Å². The number of carbonyl (C=O) groups excluding carboxylic acids is 1. The normalized spacial score (nSPS) is 15.5. The van der Waals surface area contributed by atoms with E-state index in [0.29, 0.717) is 17.9 Å². The second kappa shape index (κ2) is 3.95. The molecule has 0 bridgehead atoms. The number of anilines is 1. The lowest BCUT2D eigenvalue weighted by atomic mass is 10.1. The Balaban J connectivity index is 2.40. The molecule has 1 aromatic rings. The van der Waals surface area contributed by atoms with Gasteiger partial charge in [0.05, 0.1) is 5.69 Å². The van der Waals surface area contributed by atoms with Crippen LogP contribution < -0.4 is 9.84 Å². The number of carbonyl (C=O) groups is 1. The maximum Gasteiger partial charge on any atom is 0.218 e. The predicted octanol–water partition coefficient (Wildman–Crippen LogP) is -0.495. The van der Waals surface area contributed by atoms with Crippen LogP contribution in [0, 0.1) is 0 Å². The van der Waals surface area contributed by atoms with Crippen LogP contribution in [0.1, 0.15) is 16.9 Å². The minimum atomic E-state index is -2.73. The monoisotopic (exact) mass is 227 g/mol. The molecule has 0 radical (unpaired) electrons. The highest BCUT2D eigenvalue weighted by Gasteiger charge is 2.23. The Morgan fingerprint density at radius 3 is 3.00 bits per heavy atom. The van der Waals surface area contributed by atoms with Gasteiger partial charge in [-0.05, 0) is 12.1 Å². The third kappa shape index (κ3) is 1.97. The fraction of sp³-hybridized carbons (Fsp3) is 0.250. The van der Waals surface area contributed by atoms with Crippen LogP contribution in [0.4, 0.5) is 5.69 Å². The molecule has 15 heavy (non-hydrogen) atoms. The van der Waals surface area contributed by atoms with Crippen LogP contribution in [0.25, 0.3) is 0 Å². The third-order valence-electron chi connectivity index (χ3n) is 2.11. The van der Waals surface area contributed by atoms with Gasteiger partial charge in [0.2, 0.25) is 10.9 Å². The predicted molar refractivity (Wildman–Crippen MR) is 54.0 cm³/mol. The number of nitrogens with zero attached hydrogens (tertiary/aromatic N) is 2. The zero-order valence-corrected chi connectivity index (χ0v) is 8.61. The van der Waals surface area contributed by atoms with Gasteiger partial charge in [0.15, 0.2) is 5.78 Å². The summed E-state index contributed by atoms with van der Waals surface area (Å²) >= 11 is 0. The lowest BCUT2D eigenvalue weighted by Crippen LogP contribution is -2.42. The van der Waals surface area contributed by atoms with E-state index < -0.39 is 10.9 Å². The minimum Gasteiger partial charge on any atom is -0.292 e. The van der Waals surface area contributed by atoms with Gasteiger partial charge in [0, 0.05) is 19.2 Å². The fourth-order valence-corrected chi connectivity index (χ4v) is 1.89. The summed E-state index contributed by atoms with van der Waals surface area (Å²) in [5.74, 6) is -0.0650. The molecule has 0 amide bonds. The SMILES string of the molecule is O=C1CCN(N[SH](=O)=O)c2cccnc21. The van der Waals surface area contributed by atoms with E-state index in [1.165, 1.54) is 11.2 Å². The van der Waals surface area contributed by atoms with Crippen molar-refractivity contribution in [3.63, 3.8) is 0 Å². The highest BCUT2D eigenvalue weighted by atomic mass is 32.2. The first-order valence-electron chi connectivity index (χ1n) is 4.35. The van der Waals surface area contributed by atoms with Crippen molar-refractivity contribution in [1.29, 1.82) is 0 Å². The van der Waals surface area contributed by atoms with Gasteiger partial charge in [-0.25, -0.2) is 8.42 Å². The van der Waals surface area contributed by atoms with Crippen LogP contribution in [0.15, 0.2) is 18.3 Å². The Morgan fingerprint density at radius 1 is 1.47 bits per heavy atom. The van der Waals surface area contributed by atoms with E-state index in [2.05, 4.69) is 9.82 Å². The first kappa shape index (κ1) is 10.1. The highest BCUT2D eigenvalue weighted by molar-refractivity contribution is 7.70. The van der Waals surface area contributed by atoms with Crippen molar-refractivity contribution in [3.05, 3.63) is 24.0 Å². The fourth-order valence-electron chi connectivity index (χ4n) is 1.48. The van der Waals surface area contributed by atoms with Gasteiger partial charge in [0.1, 0.15) is 5.69 Å². The highest BCUT2D eigenvalue weighted by Crippen LogP contribution is 2.22. The summed E-state index contributed by atoms with van der Waals surface area (Å²) in [6.07, 6.45) is 1.78. The molecule has 0 aliphatic carbocycles. The second-order valence-corrected chi connectivity index (χ2v) is 3.77. The van der Waals surface area contributed by atoms with Crippen LogP contribution in [0.5, 0.6) is 0 Å². The quantitative estimate of drug-likeness (QED) is 0.666. The summed E-state index contributed by atoms with van der Waals surface area (Å²) in [5, 5.41) is 1.41. The summed E-state index contributed by atoms with van der Waals surface area (Å²) in [4.78, 5) is 17.6. The number of aromatic nitrogens is 1. The second-order valence-electron chi connectivity index (χ2n) is 3.05. The molecule has 2 rings (SSSR count). The van der Waals surface area contributed by atoms with E-state index in [9.17, 15) is 13.2 Å². The average molecular weight is 227 g/mol. The van der Waals surface area contributed by atoms with Crippen LogP contribution in [-0.4, -0.2) is 25.7 Å². The van der Waals surface area contributed by atoms with Gasteiger partial charge in [-0.1, -0.05) is 0 Å². The number of fused-ring (bicyclic) bond motifs is 1. The van der Waals surface area contributed by atoms with Crippen molar-refractivity contribution in [2.75, 3.05) is 11.6 Å². The molecule has 80 valence electrons. The lowest BCUT2D eigenvalue weighted by Gasteiger charge is -2.27. The van der Waals surface area contributed by atoms with E-state index in [1.54, 1.807) is 12.1 Å². The molecular weight excluding hydrogens is 218 g/mol. The van der Waals surface area contributed by atoms with E-state index in [4.69, 9.17) is 0 Å². The van der Waals surface area contributed by atoms with Gasteiger partial charge in [-0.2, -0.15) is 0 Å². The minimum absolute atomic E-state index is 0.0650. The number of hydrazine groups is 1. The maximum atomic E-state index is 11.4. The first-order chi connectivity index (χ1) is 7.18. The summed E-state index contributed by atoms with van der Waals surface area (Å²) in [6, 6.07) is 3.31. The molecule has 0 atom stereocenters. The van der Waals surface area contributed by atoms with Gasteiger partial charge in [-0.3, -0.25) is 14.8 Å². The Kier molecular flexibility index (Phi) is 2.65. The van der Waals surface area contributed by atoms with Crippen molar-refractivity contribution < 1.29 is 13.2 Å². The van der Waals surface area contributed by atoms with Crippen LogP contribution in [0.2, 0.25) is 0 Å². The number of thiol groups is 1. The average Bonchev–Trinajstić information content (AvgIpc) is 2.22. The summed E-state index contributed by atoms with van der Waals surface area (Å²) < 4.78 is 21.1. The summed E-state index contributed by atoms with van der Waals surface area (Å²) in [6.45, 7) is 0.334. The number of hydrogen-bond acceptors (Lipinski definition) is 5. The van der Waals surface area contributed by atoms with E-state index in [1.807, 2.05) is 0 Å². The molecule has 2 heterocycles. The molecule has 1 aliphatic heterocycles. The number of pyridine rings is 1. The number of Topliss-reactive ketones (excluding diaryl/α,β-unsaturated/α-hetero) is 1. The molecule has 1 aromatic heterocycles. The van der Waals surface area contributed by atoms with E-state index >= 15 is 0 Å². The topological polar surface area (TPSA) is 79.4 Å². The molecule has 0 aromatic carbocycles. The molecule has 0 unspecified atom stereocenters. The van der Waals surface area contributed by atoms with Crippen LogP contribution in [-0.2, 0) is 10.9 Å². The number of rotatable bonds is 2. The Labute approximate surface area is 88.0 Å². The summed E-state index contributed by atoms with van der Waals surface area (Å²) in [7, 11) is -2.73. The molecule has 1 N–H and O–H groups in total. The molecule has 0 fully saturated rings. The summed E-state index contributed by atoms with van der Waals surface area (Å²) in [5.41, 5.74) is 0.820. The standard InChI is InChI=1S/C8H9N3O3S/c12-7-3-5-11(10-15(13)14)6-2-1-4-9-8(6)7/h1-2,4,15H,3,5H2,(H,10,13,14). The van der Waals surface area contributed by atoms with Crippen molar-refractivity contribution in [3.8, 4) is 0 Å². The first-order valence-corrected chi connectivity index (χ1v) is 5.52. The van der Waals surface area contributed by atoms with Gasteiger partial charge in [0.25, 0.3) is 0 Å². The van der Waals surface area contributed by atoms with Crippen molar-refractivity contribution in [1.82, 2.24) is 9.82 Å². The molecule has 7 heteroatoms. The molecule has 1 aliphatic rings. The van der Waals surface area contributed by atoms with Crippen molar-refractivity contribution in [2.24, 2.45) is 0 Å². The third-order valence-corrected chi connectivity index (χ3v) is 2.51. The molecule has 6 nitrogen and oxygen atoms in total. The van der Waals surface area contributed by atoms with Crippen LogP contribution >= 0.6 is 0 Å². The largest absolute Gasteiger partial charge is 0.292 e. The van der Waals surface area contributed by atoms with Gasteiger partial charge in [-0.15, -0.1) is 4.83 Å². The zero-order valence-electron chi connectivity index (χ0n) is 7.71. The van der Waals surface area contributed by atoms with Gasteiger partial charge < -0.3 is 0 Å². The molecular formula is C8H9N3O3S. The maximum absolute atomic E-state index is 11.4. The lowest BCUT2D eigenvalue weighted by molar-refractivity contribution is 0.0974. The number of nitrogens with one attached hydrogen (secondary N) is 1. The number of ketones is 1.